The smallest absolute Gasteiger partial charge is 0.223 e. The van der Waals surface area contributed by atoms with E-state index in [4.69, 9.17) is 0 Å². The maximum Gasteiger partial charge on any atom is 0.223 e. The van der Waals surface area contributed by atoms with Crippen LogP contribution < -0.4 is 0 Å². The molecular formula is C28H30FNO. The lowest BCUT2D eigenvalue weighted by atomic mass is 9.85. The molecule has 1 amide bonds. The van der Waals surface area contributed by atoms with Crippen LogP contribution in [0.3, 0.4) is 0 Å². The maximum absolute atomic E-state index is 14.9. The molecule has 0 N–H and O–H groups in total. The van der Waals surface area contributed by atoms with Crippen molar-refractivity contribution in [2.24, 2.45) is 17.8 Å². The number of hydrogen-bond acceptors (Lipinski definition) is 1. The minimum atomic E-state index is -0.174. The zero-order chi connectivity index (χ0) is 20.9. The molecule has 1 saturated heterocycles. The number of nitrogens with zero attached hydrogens (tertiary/aromatic N) is 1. The van der Waals surface area contributed by atoms with Crippen LogP contribution in [0.5, 0.6) is 0 Å². The number of carbonyl (C=O) groups is 1. The minimum Gasteiger partial charge on any atom is -0.333 e. The van der Waals surface area contributed by atoms with Gasteiger partial charge in [-0.05, 0) is 79.0 Å². The van der Waals surface area contributed by atoms with Gasteiger partial charge in [0.05, 0.1) is 6.04 Å². The van der Waals surface area contributed by atoms with Crippen LogP contribution in [0, 0.1) is 23.6 Å². The van der Waals surface area contributed by atoms with E-state index in [9.17, 15) is 9.18 Å². The van der Waals surface area contributed by atoms with Gasteiger partial charge in [0.15, 0.2) is 0 Å². The molecule has 0 radical (unpaired) electrons. The highest BCUT2D eigenvalue weighted by Crippen LogP contribution is 2.50. The Kier molecular flexibility index (Phi) is 4.74. The van der Waals surface area contributed by atoms with Crippen molar-refractivity contribution in [3.63, 3.8) is 0 Å². The molecule has 31 heavy (non-hydrogen) atoms. The molecule has 2 heterocycles. The summed E-state index contributed by atoms with van der Waals surface area (Å²) in [6, 6.07) is 15.8. The van der Waals surface area contributed by atoms with Gasteiger partial charge >= 0.3 is 0 Å². The van der Waals surface area contributed by atoms with Crippen molar-refractivity contribution in [1.29, 1.82) is 0 Å². The van der Waals surface area contributed by atoms with Crippen LogP contribution in [0.25, 0.3) is 16.7 Å². The van der Waals surface area contributed by atoms with E-state index < -0.39 is 0 Å². The number of hydrogen-bond donors (Lipinski definition) is 0. The van der Waals surface area contributed by atoms with Gasteiger partial charge in [0.1, 0.15) is 5.82 Å². The zero-order valence-corrected chi connectivity index (χ0v) is 18.0. The third-order valence-electron chi connectivity index (χ3n) is 8.43. The van der Waals surface area contributed by atoms with Crippen LogP contribution in [0.1, 0.15) is 56.9 Å². The molecule has 2 aliphatic carbocycles. The summed E-state index contributed by atoms with van der Waals surface area (Å²) in [5.41, 5.74) is 3.72. The number of rotatable bonds is 4. The van der Waals surface area contributed by atoms with Crippen molar-refractivity contribution in [2.45, 2.75) is 63.5 Å². The van der Waals surface area contributed by atoms with Gasteiger partial charge < -0.3 is 4.90 Å². The number of amides is 1. The van der Waals surface area contributed by atoms with E-state index in [0.29, 0.717) is 17.4 Å². The summed E-state index contributed by atoms with van der Waals surface area (Å²) in [6.45, 7) is 0. The molecule has 0 spiro atoms. The van der Waals surface area contributed by atoms with Gasteiger partial charge in [0.2, 0.25) is 5.91 Å². The first kappa shape index (κ1) is 19.3. The predicted octanol–water partition coefficient (Wildman–Crippen LogP) is 6.47. The average Bonchev–Trinajstić information content (AvgIpc) is 3.47. The van der Waals surface area contributed by atoms with Crippen LogP contribution in [-0.4, -0.2) is 22.9 Å². The first-order valence-corrected chi connectivity index (χ1v) is 12.0. The molecule has 2 nitrogen and oxygen atoms in total. The standard InChI is InChI=1S/C28H30FNO/c29-27-16-21(8-11-26(27)19-4-2-1-3-5-19)23-14-24-9-10-25(15-23)30(24)28(31)17-22-13-18-6-7-20(22)12-18/h1-5,8,11,14,16,18,20,22,24-25H,6-7,9-10,12-13,15,17H2. The fourth-order valence-corrected chi connectivity index (χ4v) is 6.96. The second-order valence-corrected chi connectivity index (χ2v) is 10.2. The Morgan fingerprint density at radius 1 is 0.968 bits per heavy atom. The Morgan fingerprint density at radius 3 is 2.55 bits per heavy atom. The Bertz CT molecular complexity index is 1030. The monoisotopic (exact) mass is 415 g/mol. The summed E-state index contributed by atoms with van der Waals surface area (Å²) >= 11 is 0. The van der Waals surface area contributed by atoms with Gasteiger partial charge in [-0.25, -0.2) is 4.39 Å². The molecule has 0 aromatic heterocycles. The molecule has 4 bridgehead atoms. The topological polar surface area (TPSA) is 20.3 Å². The van der Waals surface area contributed by atoms with Gasteiger partial charge in [-0.2, -0.15) is 0 Å². The van der Waals surface area contributed by atoms with Crippen LogP contribution in [-0.2, 0) is 4.79 Å². The van der Waals surface area contributed by atoms with Crippen molar-refractivity contribution < 1.29 is 9.18 Å². The molecule has 2 saturated carbocycles. The van der Waals surface area contributed by atoms with Gasteiger partial charge in [-0.1, -0.05) is 55.0 Å². The van der Waals surface area contributed by atoms with Gasteiger partial charge in [-0.15, -0.1) is 0 Å². The van der Waals surface area contributed by atoms with E-state index in [-0.39, 0.29) is 17.9 Å². The van der Waals surface area contributed by atoms with Crippen molar-refractivity contribution in [3.05, 3.63) is 66.0 Å². The average molecular weight is 416 g/mol. The van der Waals surface area contributed by atoms with Gasteiger partial charge in [0, 0.05) is 18.0 Å². The summed E-state index contributed by atoms with van der Waals surface area (Å²) in [7, 11) is 0. The lowest BCUT2D eigenvalue weighted by molar-refractivity contribution is -0.134. The Morgan fingerprint density at radius 2 is 1.84 bits per heavy atom. The van der Waals surface area contributed by atoms with E-state index in [2.05, 4.69) is 11.0 Å². The third-order valence-corrected chi connectivity index (χ3v) is 8.43. The van der Waals surface area contributed by atoms with Crippen LogP contribution in [0.15, 0.2) is 54.6 Å². The second kappa shape index (κ2) is 7.62. The number of halogens is 1. The predicted molar refractivity (Wildman–Crippen MR) is 122 cm³/mol. The Balaban J connectivity index is 1.20. The van der Waals surface area contributed by atoms with Crippen molar-refractivity contribution in [2.75, 3.05) is 0 Å². The Labute approximate surface area is 184 Å². The SMILES string of the molecule is O=C(CC1CC2CCC1C2)N1C2C=C(c3ccc(-c4ccccc4)c(F)c3)CC1CC2. The fraction of sp³-hybridized carbons (Fsp3) is 0.464. The van der Waals surface area contributed by atoms with E-state index in [1.54, 1.807) is 6.07 Å². The summed E-state index contributed by atoms with van der Waals surface area (Å²) in [5, 5.41) is 0. The molecule has 4 aliphatic rings. The van der Waals surface area contributed by atoms with E-state index in [1.807, 2.05) is 42.5 Å². The quantitative estimate of drug-likeness (QED) is 0.561. The molecule has 6 rings (SSSR count). The molecular weight excluding hydrogens is 385 g/mol. The Hall–Kier alpha value is -2.42. The molecule has 3 heteroatoms. The highest BCUT2D eigenvalue weighted by molar-refractivity contribution is 5.81. The van der Waals surface area contributed by atoms with Gasteiger partial charge in [-0.3, -0.25) is 4.79 Å². The van der Waals surface area contributed by atoms with Gasteiger partial charge in [0.25, 0.3) is 0 Å². The van der Waals surface area contributed by atoms with Crippen LogP contribution in [0.4, 0.5) is 4.39 Å². The van der Waals surface area contributed by atoms with Crippen molar-refractivity contribution in [1.82, 2.24) is 4.90 Å². The number of fused-ring (bicyclic) bond motifs is 4. The van der Waals surface area contributed by atoms with E-state index in [0.717, 1.165) is 48.6 Å². The third kappa shape index (κ3) is 3.43. The molecule has 3 fully saturated rings. The zero-order valence-electron chi connectivity index (χ0n) is 18.0. The molecule has 2 aliphatic heterocycles. The maximum atomic E-state index is 14.9. The first-order valence-electron chi connectivity index (χ1n) is 12.0. The fourth-order valence-electron chi connectivity index (χ4n) is 6.96. The normalized spacial score (nSPS) is 31.2. The molecule has 5 atom stereocenters. The number of benzene rings is 2. The summed E-state index contributed by atoms with van der Waals surface area (Å²) in [6.07, 6.45) is 11.3. The second-order valence-electron chi connectivity index (χ2n) is 10.2. The van der Waals surface area contributed by atoms with Crippen LogP contribution in [0.2, 0.25) is 0 Å². The lowest BCUT2D eigenvalue weighted by Gasteiger charge is -2.35. The molecule has 2 aromatic carbocycles. The van der Waals surface area contributed by atoms with E-state index >= 15 is 0 Å². The van der Waals surface area contributed by atoms with Crippen molar-refractivity contribution in [3.8, 4) is 11.1 Å². The van der Waals surface area contributed by atoms with Crippen molar-refractivity contribution >= 4 is 11.5 Å². The lowest BCUT2D eigenvalue weighted by Crippen LogP contribution is -2.43. The largest absolute Gasteiger partial charge is 0.333 e. The summed E-state index contributed by atoms with van der Waals surface area (Å²) in [5.74, 6) is 2.50. The minimum absolute atomic E-state index is 0.174. The molecule has 160 valence electrons. The summed E-state index contributed by atoms with van der Waals surface area (Å²) in [4.78, 5) is 15.4. The molecule has 5 unspecified atom stereocenters. The van der Waals surface area contributed by atoms with E-state index in [1.165, 1.54) is 31.3 Å². The molecule has 2 aromatic rings. The van der Waals surface area contributed by atoms with Crippen LogP contribution >= 0.6 is 0 Å². The highest BCUT2D eigenvalue weighted by atomic mass is 19.1. The number of carbonyl (C=O) groups excluding carboxylic acids is 1. The summed E-state index contributed by atoms with van der Waals surface area (Å²) < 4.78 is 14.9. The highest BCUT2D eigenvalue weighted by Gasteiger charge is 2.44. The first-order chi connectivity index (χ1) is 15.2.